The second-order valence-electron chi connectivity index (χ2n) is 5.58. The monoisotopic (exact) mass is 311 g/mol. The number of rotatable bonds is 2. The molecule has 2 heterocycles. The molecule has 0 N–H and O–H groups in total. The number of hydrogen-bond donors (Lipinski definition) is 0. The van der Waals surface area contributed by atoms with Crippen LogP contribution in [-0.4, -0.2) is 28.5 Å². The summed E-state index contributed by atoms with van der Waals surface area (Å²) in [6.45, 7) is 0. The Kier molecular flexibility index (Phi) is 3.39. The Morgan fingerprint density at radius 3 is 2.78 bits per heavy atom. The van der Waals surface area contributed by atoms with Crippen LogP contribution in [0.5, 0.6) is 11.6 Å². The second-order valence-corrected chi connectivity index (χ2v) is 5.58. The zero-order valence-corrected chi connectivity index (χ0v) is 13.0. The van der Waals surface area contributed by atoms with Gasteiger partial charge in [-0.2, -0.15) is 5.26 Å². The summed E-state index contributed by atoms with van der Waals surface area (Å²) >= 11 is 0. The Hall–Kier alpha value is -3.11. The van der Waals surface area contributed by atoms with E-state index in [2.05, 4.69) is 11.2 Å². The summed E-state index contributed by atoms with van der Waals surface area (Å²) in [5.41, 5.74) is 0.946. The van der Waals surface area contributed by atoms with Gasteiger partial charge in [0.2, 0.25) is 11.6 Å². The minimum atomic E-state index is -0.221. The number of aromatic nitrogens is 2. The van der Waals surface area contributed by atoms with E-state index in [4.69, 9.17) is 14.8 Å². The predicted octanol–water partition coefficient (Wildman–Crippen LogP) is 1.41. The summed E-state index contributed by atoms with van der Waals surface area (Å²) in [4.78, 5) is 17.2. The lowest BCUT2D eigenvalue weighted by atomic mass is 10.1. The number of hydrogen-bond acceptors (Lipinski definition) is 5. The average molecular weight is 311 g/mol. The second kappa shape index (κ2) is 5.26. The fourth-order valence-corrected chi connectivity index (χ4v) is 2.23. The number of ether oxygens (including phenoxy) is 1. The van der Waals surface area contributed by atoms with Crippen LogP contribution in [0.4, 0.5) is 0 Å². The first-order valence-electron chi connectivity index (χ1n) is 6.91. The van der Waals surface area contributed by atoms with E-state index in [9.17, 15) is 4.79 Å². The number of fused-ring (bicyclic) bond motifs is 1. The maximum Gasteiger partial charge on any atom is 0.266 e. The summed E-state index contributed by atoms with van der Waals surface area (Å²) in [6.07, 6.45) is 1.76. The smallest absolute Gasteiger partial charge is 0.266 e. The van der Waals surface area contributed by atoms with Gasteiger partial charge in [0.15, 0.2) is 12.0 Å². The highest BCUT2D eigenvalue weighted by Gasteiger charge is 2.30. The quantitative estimate of drug-likeness (QED) is 0.784. The Morgan fingerprint density at radius 2 is 2.09 bits per heavy atom. The highest BCUT2D eigenvalue weighted by atomic mass is 16.7. The molecular weight excluding hydrogens is 296 g/mol. The molecular formula is C16H15N4O3+. The van der Waals surface area contributed by atoms with Crippen LogP contribution in [0.15, 0.2) is 41.3 Å². The molecule has 2 aromatic rings. The van der Waals surface area contributed by atoms with Crippen LogP contribution in [0, 0.1) is 11.3 Å². The fraction of sp³-hybridized carbons (Fsp3) is 0.188. The first-order chi connectivity index (χ1) is 10.9. The Labute approximate surface area is 132 Å². The van der Waals surface area contributed by atoms with Crippen LogP contribution in [0.1, 0.15) is 11.1 Å². The van der Waals surface area contributed by atoms with Crippen LogP contribution in [0.25, 0.3) is 5.76 Å². The van der Waals surface area contributed by atoms with E-state index in [0.29, 0.717) is 22.6 Å². The molecule has 0 unspecified atom stereocenters. The highest BCUT2D eigenvalue weighted by molar-refractivity contribution is 5.68. The zero-order valence-electron chi connectivity index (χ0n) is 13.0. The molecule has 23 heavy (non-hydrogen) atoms. The highest BCUT2D eigenvalue weighted by Crippen LogP contribution is 2.34. The Balaban J connectivity index is 2.06. The number of nitriles is 1. The Morgan fingerprint density at radius 1 is 1.30 bits per heavy atom. The maximum atomic E-state index is 11.4. The van der Waals surface area contributed by atoms with Gasteiger partial charge in [-0.3, -0.25) is 4.79 Å². The number of quaternary nitrogens is 1. The summed E-state index contributed by atoms with van der Waals surface area (Å²) in [5.74, 6) is 1.41. The topological polar surface area (TPSA) is 77.1 Å². The normalized spacial score (nSPS) is 15.0. The van der Waals surface area contributed by atoms with Crippen LogP contribution in [-0.2, 0) is 7.05 Å². The van der Waals surface area contributed by atoms with Crippen molar-refractivity contribution >= 4 is 5.76 Å². The first-order valence-corrected chi connectivity index (χ1v) is 6.91. The number of aryl methyl sites for hydroxylation is 1. The van der Waals surface area contributed by atoms with E-state index in [1.165, 1.54) is 16.8 Å². The van der Waals surface area contributed by atoms with Crippen molar-refractivity contribution in [3.63, 3.8) is 0 Å². The molecule has 7 heteroatoms. The summed E-state index contributed by atoms with van der Waals surface area (Å²) in [5, 5.41) is 13.1. The van der Waals surface area contributed by atoms with E-state index in [-0.39, 0.29) is 16.1 Å². The van der Waals surface area contributed by atoms with E-state index < -0.39 is 0 Å². The van der Waals surface area contributed by atoms with E-state index >= 15 is 0 Å². The van der Waals surface area contributed by atoms with Gasteiger partial charge in [-0.05, 0) is 18.2 Å². The number of nitrogens with zero attached hydrogens (tertiary/aromatic N) is 4. The first kappa shape index (κ1) is 14.8. The molecule has 1 aliphatic heterocycles. The molecule has 0 spiro atoms. The van der Waals surface area contributed by atoms with Gasteiger partial charge in [0, 0.05) is 19.2 Å². The fourth-order valence-electron chi connectivity index (χ4n) is 2.23. The van der Waals surface area contributed by atoms with Crippen molar-refractivity contribution in [1.29, 1.82) is 5.26 Å². The van der Waals surface area contributed by atoms with Gasteiger partial charge in [-0.1, -0.05) is 0 Å². The van der Waals surface area contributed by atoms with Crippen molar-refractivity contribution in [3.8, 4) is 17.7 Å². The molecule has 3 rings (SSSR count). The maximum absolute atomic E-state index is 11.4. The lowest BCUT2D eigenvalue weighted by molar-refractivity contribution is -1.01. The molecule has 0 saturated heterocycles. The third-order valence-corrected chi connectivity index (χ3v) is 3.29. The largest absolute Gasteiger partial charge is 0.431 e. The molecule has 0 fully saturated rings. The van der Waals surface area contributed by atoms with Crippen molar-refractivity contribution in [2.45, 2.75) is 0 Å². The van der Waals surface area contributed by atoms with Gasteiger partial charge < -0.3 is 9.57 Å². The molecule has 1 aromatic heterocycles. The number of benzene rings is 1. The van der Waals surface area contributed by atoms with Gasteiger partial charge in [-0.15, -0.1) is 9.75 Å². The lowest BCUT2D eigenvalue weighted by Gasteiger charge is -2.29. The van der Waals surface area contributed by atoms with E-state index in [1.807, 2.05) is 14.1 Å². The van der Waals surface area contributed by atoms with E-state index in [1.54, 1.807) is 31.4 Å². The summed E-state index contributed by atoms with van der Waals surface area (Å²) in [7, 11) is 5.24. The minimum absolute atomic E-state index is 0.125. The van der Waals surface area contributed by atoms with Crippen molar-refractivity contribution in [1.82, 2.24) is 9.78 Å². The zero-order chi connectivity index (χ0) is 16.6. The average Bonchev–Trinajstić information content (AvgIpc) is 2.49. The molecule has 0 atom stereocenters. The third-order valence-electron chi connectivity index (χ3n) is 3.29. The van der Waals surface area contributed by atoms with Crippen molar-refractivity contribution in [3.05, 3.63) is 58.0 Å². The summed E-state index contributed by atoms with van der Waals surface area (Å²) < 4.78 is 7.16. The number of hydroxylamine groups is 3. The van der Waals surface area contributed by atoms with Gasteiger partial charge in [0.1, 0.15) is 14.1 Å². The third kappa shape index (κ3) is 2.93. The minimum Gasteiger partial charge on any atom is -0.431 e. The van der Waals surface area contributed by atoms with Crippen molar-refractivity contribution in [2.75, 3.05) is 14.1 Å². The van der Waals surface area contributed by atoms with Crippen LogP contribution in [0.2, 0.25) is 0 Å². The van der Waals surface area contributed by atoms with Gasteiger partial charge in [-0.25, -0.2) is 4.68 Å². The van der Waals surface area contributed by atoms with Crippen LogP contribution < -0.4 is 15.1 Å². The van der Waals surface area contributed by atoms with Crippen LogP contribution >= 0.6 is 0 Å². The Bertz CT molecular complexity index is 906. The molecule has 116 valence electrons. The molecule has 0 radical (unpaired) electrons. The molecule has 1 aromatic carbocycles. The van der Waals surface area contributed by atoms with Gasteiger partial charge in [0.25, 0.3) is 5.56 Å². The predicted molar refractivity (Wildman–Crippen MR) is 82.0 cm³/mol. The molecule has 7 nitrogen and oxygen atoms in total. The standard InChI is InChI=1S/C16H15N4O3/c1-19-16(21)7-6-15(18-19)22-14-10-20(2,3)23-13-5-4-11(9-17)8-12(13)14/h4-8,10H,1-3H3/q+1. The van der Waals surface area contributed by atoms with E-state index in [0.717, 1.165) is 0 Å². The molecule has 0 amide bonds. The SMILES string of the molecule is Cn1nc(OC2=C[N+](C)(C)Oc3ccc(C#N)cc32)ccc1=O. The molecule has 0 bridgehead atoms. The molecule has 0 aliphatic carbocycles. The molecule has 0 saturated carbocycles. The van der Waals surface area contributed by atoms with Crippen LogP contribution in [0.3, 0.4) is 0 Å². The van der Waals surface area contributed by atoms with Crippen molar-refractivity contribution in [2.24, 2.45) is 7.05 Å². The summed E-state index contributed by atoms with van der Waals surface area (Å²) in [6, 6.07) is 10.1. The van der Waals surface area contributed by atoms with Gasteiger partial charge >= 0.3 is 0 Å². The van der Waals surface area contributed by atoms with Crippen molar-refractivity contribution < 1.29 is 14.2 Å². The van der Waals surface area contributed by atoms with Gasteiger partial charge in [0.05, 0.1) is 17.2 Å². The molecule has 1 aliphatic rings. The lowest BCUT2D eigenvalue weighted by Crippen LogP contribution is -2.40.